The van der Waals surface area contributed by atoms with Crippen molar-refractivity contribution in [3.8, 4) is 0 Å². The van der Waals surface area contributed by atoms with Crippen LogP contribution in [0.3, 0.4) is 0 Å². The number of amides is 1. The van der Waals surface area contributed by atoms with Crippen molar-refractivity contribution in [1.82, 2.24) is 4.90 Å². The molecule has 13 heavy (non-hydrogen) atoms. The molecule has 0 saturated carbocycles. The summed E-state index contributed by atoms with van der Waals surface area (Å²) in [6.07, 6.45) is 2.16. The molecule has 0 spiro atoms. The number of likely N-dealkylation sites (N-methyl/N-ethyl adjacent to an activating group) is 1. The highest BCUT2D eigenvalue weighted by Crippen LogP contribution is 1.98. The number of hydrogen-bond donors (Lipinski definition) is 1. The quantitative estimate of drug-likeness (QED) is 0.643. The van der Waals surface area contributed by atoms with E-state index in [2.05, 4.69) is 13.2 Å². The number of hydrogen-bond acceptors (Lipinski definition) is 2. The number of nitrogens with zero attached hydrogens (tertiary/aromatic N) is 1. The molecule has 3 heteroatoms. The van der Waals surface area contributed by atoms with Gasteiger partial charge in [-0.1, -0.05) is 18.2 Å². The van der Waals surface area contributed by atoms with E-state index in [9.17, 15) is 4.79 Å². The first-order valence-corrected chi connectivity index (χ1v) is 4.25. The van der Waals surface area contributed by atoms with E-state index in [0.29, 0.717) is 13.0 Å². The molecule has 1 atom stereocenters. The summed E-state index contributed by atoms with van der Waals surface area (Å²) in [7, 11) is 1.72. The van der Waals surface area contributed by atoms with Gasteiger partial charge in [-0.15, -0.1) is 6.58 Å². The van der Waals surface area contributed by atoms with Crippen molar-refractivity contribution in [1.29, 1.82) is 0 Å². The van der Waals surface area contributed by atoms with Crippen LogP contribution in [0, 0.1) is 0 Å². The maximum Gasteiger partial charge on any atom is 0.239 e. The first kappa shape index (κ1) is 11.9. The Morgan fingerprint density at radius 3 is 2.62 bits per heavy atom. The molecule has 0 aliphatic carbocycles. The Hall–Kier alpha value is -1.09. The summed E-state index contributed by atoms with van der Waals surface area (Å²) in [6.45, 7) is 9.70. The monoisotopic (exact) mass is 182 g/mol. The molecule has 0 rings (SSSR count). The average Bonchev–Trinajstić information content (AvgIpc) is 2.02. The normalized spacial score (nSPS) is 11.9. The Bertz CT molecular complexity index is 211. The largest absolute Gasteiger partial charge is 0.340 e. The molecule has 0 aliphatic heterocycles. The lowest BCUT2D eigenvalue weighted by Crippen LogP contribution is -2.41. The molecule has 1 amide bonds. The minimum absolute atomic E-state index is 0.0668. The third-order valence-corrected chi connectivity index (χ3v) is 1.62. The number of carbonyl (C=O) groups is 1. The number of carbonyl (C=O) groups excluding carboxylic acids is 1. The first-order chi connectivity index (χ1) is 5.99. The molecule has 3 nitrogen and oxygen atoms in total. The maximum atomic E-state index is 11.5. The summed E-state index contributed by atoms with van der Waals surface area (Å²) in [5.41, 5.74) is 6.56. The van der Waals surface area contributed by atoms with Gasteiger partial charge in [0.1, 0.15) is 0 Å². The zero-order chi connectivity index (χ0) is 10.4. The van der Waals surface area contributed by atoms with E-state index in [-0.39, 0.29) is 5.91 Å². The van der Waals surface area contributed by atoms with Crippen molar-refractivity contribution in [3.05, 3.63) is 24.8 Å². The summed E-state index contributed by atoms with van der Waals surface area (Å²) in [5.74, 6) is -0.0668. The second-order valence-electron chi connectivity index (χ2n) is 3.28. The van der Waals surface area contributed by atoms with E-state index in [0.717, 1.165) is 5.57 Å². The van der Waals surface area contributed by atoms with Gasteiger partial charge in [-0.25, -0.2) is 0 Å². The summed E-state index contributed by atoms with van der Waals surface area (Å²) in [4.78, 5) is 13.1. The highest BCUT2D eigenvalue weighted by atomic mass is 16.2. The summed E-state index contributed by atoms with van der Waals surface area (Å²) in [5, 5.41) is 0. The average molecular weight is 182 g/mol. The highest BCUT2D eigenvalue weighted by Gasteiger charge is 2.15. The number of nitrogens with two attached hydrogens (primary N) is 1. The molecule has 0 aromatic rings. The molecule has 2 N–H and O–H groups in total. The van der Waals surface area contributed by atoms with E-state index in [1.165, 1.54) is 0 Å². The molecule has 0 radical (unpaired) electrons. The lowest BCUT2D eigenvalue weighted by atomic mass is 10.2. The highest BCUT2D eigenvalue weighted by molar-refractivity contribution is 5.81. The predicted molar refractivity (Wildman–Crippen MR) is 55.2 cm³/mol. The molecular weight excluding hydrogens is 164 g/mol. The van der Waals surface area contributed by atoms with Crippen LogP contribution in [0.15, 0.2) is 24.8 Å². The summed E-state index contributed by atoms with van der Waals surface area (Å²) >= 11 is 0. The summed E-state index contributed by atoms with van der Waals surface area (Å²) in [6, 6.07) is -0.471. The molecule has 0 aromatic heterocycles. The van der Waals surface area contributed by atoms with Crippen molar-refractivity contribution in [2.24, 2.45) is 5.73 Å². The topological polar surface area (TPSA) is 46.3 Å². The van der Waals surface area contributed by atoms with Crippen molar-refractivity contribution < 1.29 is 4.79 Å². The second-order valence-corrected chi connectivity index (χ2v) is 3.28. The second kappa shape index (κ2) is 5.54. The Morgan fingerprint density at radius 2 is 2.23 bits per heavy atom. The zero-order valence-corrected chi connectivity index (χ0v) is 8.42. The Kier molecular flexibility index (Phi) is 5.07. The molecule has 0 saturated heterocycles. The van der Waals surface area contributed by atoms with Gasteiger partial charge in [-0.3, -0.25) is 4.79 Å². The van der Waals surface area contributed by atoms with E-state index in [1.807, 2.05) is 6.92 Å². The molecule has 0 bridgehead atoms. The lowest BCUT2D eigenvalue weighted by Gasteiger charge is -2.20. The molecular formula is C10H18N2O. The van der Waals surface area contributed by atoms with E-state index < -0.39 is 6.04 Å². The minimum atomic E-state index is -0.471. The van der Waals surface area contributed by atoms with Gasteiger partial charge in [0.2, 0.25) is 5.91 Å². The Morgan fingerprint density at radius 1 is 1.69 bits per heavy atom. The van der Waals surface area contributed by atoms with Crippen LogP contribution in [-0.2, 0) is 4.79 Å². The fourth-order valence-corrected chi connectivity index (χ4v) is 1.05. The van der Waals surface area contributed by atoms with Gasteiger partial charge in [0.25, 0.3) is 0 Å². The predicted octanol–water partition coefficient (Wildman–Crippen LogP) is 0.924. The van der Waals surface area contributed by atoms with Crippen LogP contribution < -0.4 is 5.73 Å². The molecule has 74 valence electrons. The standard InChI is InChI=1S/C10H18N2O/c1-5-6-9(11)10(13)12(4)7-8(2)3/h5,9H,1-2,6-7,11H2,3-4H3. The smallest absolute Gasteiger partial charge is 0.239 e. The number of rotatable bonds is 5. The van der Waals surface area contributed by atoms with Crippen molar-refractivity contribution in [2.75, 3.05) is 13.6 Å². The molecule has 0 aliphatic rings. The fraction of sp³-hybridized carbons (Fsp3) is 0.500. The van der Waals surface area contributed by atoms with Crippen LogP contribution >= 0.6 is 0 Å². The van der Waals surface area contributed by atoms with Gasteiger partial charge in [0.15, 0.2) is 0 Å². The van der Waals surface area contributed by atoms with E-state index >= 15 is 0 Å². The molecule has 1 unspecified atom stereocenters. The third-order valence-electron chi connectivity index (χ3n) is 1.62. The van der Waals surface area contributed by atoms with Gasteiger partial charge in [-0.05, 0) is 13.3 Å². The van der Waals surface area contributed by atoms with E-state index in [4.69, 9.17) is 5.73 Å². The fourth-order valence-electron chi connectivity index (χ4n) is 1.05. The van der Waals surface area contributed by atoms with Crippen LogP contribution in [0.2, 0.25) is 0 Å². The molecule has 0 heterocycles. The molecule has 0 aromatic carbocycles. The Labute approximate surface area is 79.9 Å². The maximum absolute atomic E-state index is 11.5. The minimum Gasteiger partial charge on any atom is -0.340 e. The van der Waals surface area contributed by atoms with Crippen LogP contribution in [0.5, 0.6) is 0 Å². The zero-order valence-electron chi connectivity index (χ0n) is 8.42. The van der Waals surface area contributed by atoms with Gasteiger partial charge in [0.05, 0.1) is 6.04 Å². The van der Waals surface area contributed by atoms with Gasteiger partial charge < -0.3 is 10.6 Å². The van der Waals surface area contributed by atoms with Crippen molar-refractivity contribution in [2.45, 2.75) is 19.4 Å². The van der Waals surface area contributed by atoms with Crippen molar-refractivity contribution in [3.63, 3.8) is 0 Å². The van der Waals surface area contributed by atoms with Crippen LogP contribution in [0.4, 0.5) is 0 Å². The Balaban J connectivity index is 4.08. The molecule has 0 fully saturated rings. The summed E-state index contributed by atoms with van der Waals surface area (Å²) < 4.78 is 0. The SMILES string of the molecule is C=CCC(N)C(=O)N(C)CC(=C)C. The first-order valence-electron chi connectivity index (χ1n) is 4.25. The third kappa shape index (κ3) is 4.48. The van der Waals surface area contributed by atoms with Gasteiger partial charge >= 0.3 is 0 Å². The van der Waals surface area contributed by atoms with Crippen LogP contribution in [0.25, 0.3) is 0 Å². The van der Waals surface area contributed by atoms with E-state index in [1.54, 1.807) is 18.0 Å². The lowest BCUT2D eigenvalue weighted by molar-refractivity contribution is -0.130. The van der Waals surface area contributed by atoms with Crippen molar-refractivity contribution >= 4 is 5.91 Å². The van der Waals surface area contributed by atoms with Gasteiger partial charge in [0, 0.05) is 13.6 Å². The van der Waals surface area contributed by atoms with Crippen LogP contribution in [0.1, 0.15) is 13.3 Å². The van der Waals surface area contributed by atoms with Crippen LogP contribution in [-0.4, -0.2) is 30.4 Å². The van der Waals surface area contributed by atoms with Gasteiger partial charge in [-0.2, -0.15) is 0 Å².